The van der Waals surface area contributed by atoms with Crippen LogP contribution in [0.5, 0.6) is 40.2 Å². The average Bonchev–Trinajstić information content (AvgIpc) is 2.70. The van der Waals surface area contributed by atoms with Crippen LogP contribution in [0.2, 0.25) is 0 Å². The zero-order valence-corrected chi connectivity index (χ0v) is 15.9. The minimum Gasteiger partial charge on any atom is -0.508 e. The Kier molecular flexibility index (Phi) is 4.74. The summed E-state index contributed by atoms with van der Waals surface area (Å²) < 4.78 is 10.8. The number of hydrogen-bond acceptors (Lipinski definition) is 10. The van der Waals surface area contributed by atoms with Gasteiger partial charge in [-0.15, -0.1) is 0 Å². The van der Waals surface area contributed by atoms with Gasteiger partial charge in [-0.2, -0.15) is 0 Å². The number of carbonyl (C=O) groups is 1. The van der Waals surface area contributed by atoms with Crippen LogP contribution in [0.15, 0.2) is 57.7 Å². The minimum absolute atomic E-state index is 0.0173. The van der Waals surface area contributed by atoms with Gasteiger partial charge in [-0.1, -0.05) is 0 Å². The second-order valence-electron chi connectivity index (χ2n) is 6.76. The van der Waals surface area contributed by atoms with Crippen LogP contribution in [0.3, 0.4) is 0 Å². The zero-order chi connectivity index (χ0) is 23.2. The Balaban J connectivity index is 1.96. The fourth-order valence-electron chi connectivity index (χ4n) is 3.08. The predicted molar refractivity (Wildman–Crippen MR) is 109 cm³/mol. The van der Waals surface area contributed by atoms with Crippen molar-refractivity contribution in [2.24, 2.45) is 0 Å². The Morgan fingerprint density at radius 2 is 1.41 bits per heavy atom. The molecule has 6 N–H and O–H groups in total. The van der Waals surface area contributed by atoms with Crippen LogP contribution in [0.1, 0.15) is 10.4 Å². The van der Waals surface area contributed by atoms with Crippen molar-refractivity contribution >= 4 is 16.9 Å². The summed E-state index contributed by atoms with van der Waals surface area (Å²) in [5, 5.41) is 58.1. The molecule has 3 aromatic carbocycles. The maximum absolute atomic E-state index is 13.1. The van der Waals surface area contributed by atoms with E-state index < -0.39 is 57.0 Å². The van der Waals surface area contributed by atoms with Crippen molar-refractivity contribution in [3.8, 4) is 51.6 Å². The van der Waals surface area contributed by atoms with Gasteiger partial charge in [-0.3, -0.25) is 4.79 Å². The number of fused-ring (bicyclic) bond motifs is 1. The van der Waals surface area contributed by atoms with Crippen LogP contribution in [0.25, 0.3) is 22.3 Å². The summed E-state index contributed by atoms with van der Waals surface area (Å²) >= 11 is 0. The third-order valence-corrected chi connectivity index (χ3v) is 4.49. The summed E-state index contributed by atoms with van der Waals surface area (Å²) in [5.74, 6) is -5.11. The minimum atomic E-state index is -1.15. The Bertz CT molecular complexity index is 1430. The van der Waals surface area contributed by atoms with Gasteiger partial charge in [-0.25, -0.2) is 4.79 Å². The van der Waals surface area contributed by atoms with Crippen LogP contribution in [-0.2, 0) is 0 Å². The van der Waals surface area contributed by atoms with E-state index in [9.17, 15) is 40.2 Å². The highest BCUT2D eigenvalue weighted by Crippen LogP contribution is 2.38. The molecule has 0 spiro atoms. The van der Waals surface area contributed by atoms with Crippen molar-refractivity contribution in [2.45, 2.75) is 0 Å². The summed E-state index contributed by atoms with van der Waals surface area (Å²) in [7, 11) is 0. The molecule has 1 heterocycles. The van der Waals surface area contributed by atoms with Gasteiger partial charge in [0.2, 0.25) is 11.2 Å². The van der Waals surface area contributed by atoms with Crippen molar-refractivity contribution in [2.75, 3.05) is 0 Å². The number of carbonyl (C=O) groups excluding carboxylic acids is 1. The molecule has 0 saturated carbocycles. The van der Waals surface area contributed by atoms with Gasteiger partial charge in [0, 0.05) is 23.8 Å². The maximum atomic E-state index is 13.1. The monoisotopic (exact) mass is 438 g/mol. The highest BCUT2D eigenvalue weighted by Gasteiger charge is 2.24. The van der Waals surface area contributed by atoms with Crippen LogP contribution in [-0.4, -0.2) is 36.6 Å². The number of hydrogen-bond donors (Lipinski definition) is 6. The molecule has 0 amide bonds. The van der Waals surface area contributed by atoms with Crippen LogP contribution in [0, 0.1) is 0 Å². The smallest absolute Gasteiger partial charge is 0.344 e. The molecule has 10 heteroatoms. The summed E-state index contributed by atoms with van der Waals surface area (Å²) in [6.45, 7) is 0. The van der Waals surface area contributed by atoms with Crippen molar-refractivity contribution < 1.29 is 44.6 Å². The molecular weight excluding hydrogens is 424 g/mol. The topological polar surface area (TPSA) is 178 Å². The van der Waals surface area contributed by atoms with Crippen LogP contribution < -0.4 is 10.2 Å². The summed E-state index contributed by atoms with van der Waals surface area (Å²) in [5.41, 5.74) is -1.51. The fourth-order valence-corrected chi connectivity index (χ4v) is 3.08. The molecule has 0 unspecified atom stereocenters. The van der Waals surface area contributed by atoms with Crippen molar-refractivity contribution in [3.05, 3.63) is 64.3 Å². The SMILES string of the molecule is O=C(Oc1c(-c2ccc(O)c(O)c2)oc2cc(O)cc(O)c2c1=O)c1cc(O)cc(O)c1. The molecule has 0 saturated heterocycles. The first-order chi connectivity index (χ1) is 15.1. The molecule has 0 bridgehead atoms. The van der Waals surface area contributed by atoms with Crippen molar-refractivity contribution in [3.63, 3.8) is 0 Å². The van der Waals surface area contributed by atoms with Gasteiger partial charge in [0.25, 0.3) is 0 Å². The molecule has 0 fully saturated rings. The van der Waals surface area contributed by atoms with E-state index in [1.807, 2.05) is 0 Å². The molecule has 4 aromatic rings. The standard InChI is InChI=1S/C22H14O10/c23-11-3-10(4-12(24)6-11)22(30)32-21-19(29)18-16(28)7-13(25)8-17(18)31-20(21)9-1-2-14(26)15(27)5-9/h1-8,23-28H. The van der Waals surface area contributed by atoms with E-state index >= 15 is 0 Å². The molecule has 0 radical (unpaired) electrons. The lowest BCUT2D eigenvalue weighted by Gasteiger charge is -2.12. The lowest BCUT2D eigenvalue weighted by atomic mass is 10.1. The Labute approximate surface area is 178 Å². The number of rotatable bonds is 3. The normalized spacial score (nSPS) is 10.9. The summed E-state index contributed by atoms with van der Waals surface area (Å²) in [6, 6.07) is 8.32. The van der Waals surface area contributed by atoms with Gasteiger partial charge in [0.05, 0.1) is 5.56 Å². The third-order valence-electron chi connectivity index (χ3n) is 4.49. The summed E-state index contributed by atoms with van der Waals surface area (Å²) in [6.07, 6.45) is 0. The van der Waals surface area contributed by atoms with E-state index in [0.29, 0.717) is 0 Å². The predicted octanol–water partition coefficient (Wildman–Crippen LogP) is 2.91. The van der Waals surface area contributed by atoms with Crippen molar-refractivity contribution in [1.82, 2.24) is 0 Å². The molecule has 162 valence electrons. The number of aromatic hydroxyl groups is 6. The van der Waals surface area contributed by atoms with Crippen LogP contribution in [0.4, 0.5) is 0 Å². The molecule has 4 rings (SSSR count). The van der Waals surface area contributed by atoms with E-state index in [4.69, 9.17) is 9.15 Å². The van der Waals surface area contributed by atoms with Gasteiger partial charge in [0.15, 0.2) is 17.3 Å². The number of esters is 1. The van der Waals surface area contributed by atoms with E-state index in [2.05, 4.69) is 0 Å². The maximum Gasteiger partial charge on any atom is 0.344 e. The van der Waals surface area contributed by atoms with E-state index in [0.717, 1.165) is 42.5 Å². The first kappa shape index (κ1) is 20.4. The lowest BCUT2D eigenvalue weighted by Crippen LogP contribution is -2.16. The van der Waals surface area contributed by atoms with Gasteiger partial charge in [0.1, 0.15) is 34.0 Å². The number of ether oxygens (including phenoxy) is 1. The lowest BCUT2D eigenvalue weighted by molar-refractivity contribution is 0.0730. The Morgan fingerprint density at radius 1 is 0.750 bits per heavy atom. The van der Waals surface area contributed by atoms with Crippen molar-refractivity contribution in [1.29, 1.82) is 0 Å². The number of benzene rings is 3. The van der Waals surface area contributed by atoms with E-state index in [1.165, 1.54) is 6.07 Å². The first-order valence-electron chi connectivity index (χ1n) is 8.94. The highest BCUT2D eigenvalue weighted by atomic mass is 16.5. The molecule has 1 aromatic heterocycles. The first-order valence-corrected chi connectivity index (χ1v) is 8.94. The van der Waals surface area contributed by atoms with E-state index in [1.54, 1.807) is 0 Å². The fraction of sp³-hybridized carbons (Fsp3) is 0. The zero-order valence-electron chi connectivity index (χ0n) is 15.9. The molecule has 0 atom stereocenters. The van der Waals surface area contributed by atoms with Crippen LogP contribution >= 0.6 is 0 Å². The van der Waals surface area contributed by atoms with E-state index in [-0.39, 0.29) is 22.5 Å². The highest BCUT2D eigenvalue weighted by molar-refractivity contribution is 5.94. The van der Waals surface area contributed by atoms with Gasteiger partial charge >= 0.3 is 5.97 Å². The molecule has 0 aliphatic heterocycles. The third kappa shape index (κ3) is 3.56. The Hall–Kier alpha value is -4.86. The molecule has 10 nitrogen and oxygen atoms in total. The number of phenolic OH excluding ortho intramolecular Hbond substituents is 6. The number of phenols is 6. The second-order valence-corrected chi connectivity index (χ2v) is 6.76. The van der Waals surface area contributed by atoms with Gasteiger partial charge in [-0.05, 0) is 30.3 Å². The second kappa shape index (κ2) is 7.43. The molecule has 0 aliphatic carbocycles. The molecule has 32 heavy (non-hydrogen) atoms. The molecule has 0 aliphatic rings. The average molecular weight is 438 g/mol. The summed E-state index contributed by atoms with van der Waals surface area (Å²) in [4.78, 5) is 25.8. The largest absolute Gasteiger partial charge is 0.508 e. The van der Waals surface area contributed by atoms with Gasteiger partial charge < -0.3 is 39.8 Å². The molecular formula is C22H14O10. The Morgan fingerprint density at radius 3 is 2.06 bits per heavy atom. The quantitative estimate of drug-likeness (QED) is 0.206.